The van der Waals surface area contributed by atoms with E-state index in [-0.39, 0.29) is 0 Å². The number of aliphatic carboxylic acids is 1. The summed E-state index contributed by atoms with van der Waals surface area (Å²) >= 11 is 0. The molecule has 0 radical (unpaired) electrons. The average molecular weight is 140 g/mol. The molecule has 3 heteroatoms. The quantitative estimate of drug-likeness (QED) is 0.441. The fourth-order valence-electron chi connectivity index (χ4n) is 0.313. The Kier molecular flexibility index (Phi) is 1.16. The third-order valence-electron chi connectivity index (χ3n) is 0.912. The molecule has 0 aromatic rings. The normalized spacial score (nSPS) is 33.3. The summed E-state index contributed by atoms with van der Waals surface area (Å²) in [5, 5.41) is 8.55. The predicted molar refractivity (Wildman–Crippen MR) is 35.1 cm³/mol. The molecule has 3 N–H and O–H groups in total. The minimum Gasteiger partial charge on any atom is -0.480 e. The van der Waals surface area contributed by atoms with Crippen LogP contribution in [0.4, 0.5) is 0 Å². The SMILES string of the molecule is [2H][13C@H](C)[12C@@]([2H])([13C@H]([15NH2])[13C](=O)O)[12C]([2H])([2H])[2H]. The number of carbonyl (C=O) groups is 1. The number of rotatable bonds is 3. The van der Waals surface area contributed by atoms with Crippen LogP contribution in [0.3, 0.4) is 0 Å². The Labute approximate surface area is 61.9 Å². The molecule has 0 heterocycles. The van der Waals surface area contributed by atoms with Crippen LogP contribution in [0, 0.1) is 5.89 Å². The lowest BCUT2D eigenvalue weighted by molar-refractivity contribution is -0.139. The minimum atomic E-state index is -2.90. The molecular weight excluding hydrogens is 122 g/mol. The molecule has 9 heavy (non-hydrogen) atoms. The Balaban J connectivity index is 5.22. The summed E-state index contributed by atoms with van der Waals surface area (Å²) in [7, 11) is 0. The van der Waals surface area contributed by atoms with Crippen molar-refractivity contribution >= 4 is 5.97 Å². The van der Waals surface area contributed by atoms with Crippen LogP contribution in [0.2, 0.25) is 0 Å². The first-order chi connectivity index (χ1) is 6.05. The van der Waals surface area contributed by atoms with E-state index < -0.39 is 31.2 Å². The summed E-state index contributed by atoms with van der Waals surface area (Å²) in [6.07, 6.45) is -1.42. The van der Waals surface area contributed by atoms with Crippen LogP contribution in [-0.4, -0.2) is 17.1 Å². The first-order valence-electron chi connectivity index (χ1n) is 5.03. The molecule has 0 aliphatic carbocycles. The second-order valence-corrected chi connectivity index (χ2v) is 1.56. The van der Waals surface area contributed by atoms with Gasteiger partial charge in [0, 0.05) is 6.85 Å². The van der Waals surface area contributed by atoms with Gasteiger partial charge >= 0.3 is 5.97 Å². The van der Waals surface area contributed by atoms with Gasteiger partial charge in [-0.1, -0.05) is 20.2 Å². The van der Waals surface area contributed by atoms with E-state index >= 15 is 0 Å². The van der Waals surface area contributed by atoms with E-state index in [1.165, 1.54) is 0 Å². The van der Waals surface area contributed by atoms with Gasteiger partial charge in [-0.05, 0) is 5.89 Å². The molecule has 0 aliphatic heterocycles. The van der Waals surface area contributed by atoms with Gasteiger partial charge in [0.05, 0.1) is 0 Å². The van der Waals surface area contributed by atoms with E-state index in [1.54, 1.807) is 0 Å². The van der Waals surface area contributed by atoms with Crippen molar-refractivity contribution in [3.63, 3.8) is 0 Å². The molecule has 0 unspecified atom stereocenters. The molecule has 3 atom stereocenters. The van der Waals surface area contributed by atoms with E-state index in [0.29, 0.717) is 0 Å². The van der Waals surface area contributed by atoms with Crippen molar-refractivity contribution in [1.29, 1.82) is 0 Å². The zero-order valence-electron chi connectivity index (χ0n) is 10.1. The molecule has 0 bridgehead atoms. The maximum absolute atomic E-state index is 10.5. The second kappa shape index (κ2) is 3.45. The topological polar surface area (TPSA) is 63.3 Å². The smallest absolute Gasteiger partial charge is 0.320 e. The van der Waals surface area contributed by atoms with Crippen LogP contribution >= 0.6 is 0 Å². The lowest BCUT2D eigenvalue weighted by atomic mass is 10.4. The minimum absolute atomic E-state index is 1.14. The standard InChI is InChI=1S/C6H13NO2/c1-3-4(2)5(7)6(8)9/h4-5H,3,7H2,1-2H3,(H,8,9)/t4-,5-/m0/s1/i2+0D3,3+1D,4+0D,5+1,6+1,7+1/t3-,4+,5+/m1. The summed E-state index contributed by atoms with van der Waals surface area (Å²) in [6, 6.07) is -1.90. The molecule has 0 aliphatic rings. The molecule has 54 valence electrons. The molecule has 0 rings (SSSR count). The molecule has 0 aromatic heterocycles. The summed E-state index contributed by atoms with van der Waals surface area (Å²) < 4.78 is 35.8. The number of carboxylic acid groups (broad SMARTS) is 1. The summed E-state index contributed by atoms with van der Waals surface area (Å²) in [4.78, 5) is 10.5. The largest absolute Gasteiger partial charge is 0.480 e. The van der Waals surface area contributed by atoms with Crippen LogP contribution in [-0.2, 0) is 4.79 Å². The van der Waals surface area contributed by atoms with Gasteiger partial charge in [-0.2, -0.15) is 0 Å². The Morgan fingerprint density at radius 2 is 2.78 bits per heavy atom. The van der Waals surface area contributed by atoms with Crippen LogP contribution in [0.1, 0.15) is 27.0 Å². The molecule has 3 nitrogen and oxygen atoms in total. The van der Waals surface area contributed by atoms with E-state index in [2.05, 4.69) is 0 Å². The van der Waals surface area contributed by atoms with Crippen molar-refractivity contribution in [2.75, 3.05) is 0 Å². The van der Waals surface area contributed by atoms with Gasteiger partial charge in [-0.3, -0.25) is 4.79 Å². The van der Waals surface area contributed by atoms with E-state index in [0.717, 1.165) is 6.92 Å². The fourth-order valence-corrected chi connectivity index (χ4v) is 0.313. The summed E-state index contributed by atoms with van der Waals surface area (Å²) in [5.41, 5.74) is 5.12. The molecule has 0 spiro atoms. The Hall–Kier alpha value is -0.570. The maximum Gasteiger partial charge on any atom is 0.320 e. The highest BCUT2D eigenvalue weighted by Gasteiger charge is 2.17. The number of hydrogen-bond acceptors (Lipinski definition) is 2. The zero-order chi connectivity index (χ0) is 11.7. The highest BCUT2D eigenvalue weighted by molar-refractivity contribution is 5.73. The first-order valence-corrected chi connectivity index (χ1v) is 2.45. The van der Waals surface area contributed by atoms with Gasteiger partial charge in [-0.25, -0.2) is 0 Å². The molecule has 0 saturated carbocycles. The van der Waals surface area contributed by atoms with Crippen molar-refractivity contribution < 1.29 is 16.8 Å². The van der Waals surface area contributed by atoms with Crippen molar-refractivity contribution in [3.8, 4) is 0 Å². The number of hydrogen-bond donors (Lipinski definition) is 2. The summed E-state index contributed by atoms with van der Waals surface area (Å²) in [6.45, 7) is -1.76. The molecular formula is C6H13NO2. The van der Waals surface area contributed by atoms with Crippen molar-refractivity contribution in [1.82, 2.24) is 0 Å². The van der Waals surface area contributed by atoms with E-state index in [1.807, 2.05) is 0 Å². The van der Waals surface area contributed by atoms with Gasteiger partial charge in [0.2, 0.25) is 0 Å². The second-order valence-electron chi connectivity index (χ2n) is 1.56. The monoisotopic (exact) mass is 140 g/mol. The predicted octanol–water partition coefficient (Wildman–Crippen LogP) is 0.444. The van der Waals surface area contributed by atoms with Crippen molar-refractivity contribution in [2.45, 2.75) is 26.2 Å². The Bertz CT molecular complexity index is 229. The first kappa shape index (κ1) is 3.01. The average Bonchev–Trinajstić information content (AvgIpc) is 1.98. The van der Waals surface area contributed by atoms with E-state index in [9.17, 15) is 4.79 Å². The number of carboxylic acids is 1. The zero-order valence-corrected chi connectivity index (χ0v) is 5.09. The van der Waals surface area contributed by atoms with Crippen molar-refractivity contribution in [3.05, 3.63) is 0 Å². The van der Waals surface area contributed by atoms with Crippen LogP contribution in [0.15, 0.2) is 0 Å². The van der Waals surface area contributed by atoms with Crippen LogP contribution in [0.5, 0.6) is 0 Å². The number of nitrogens with two attached hydrogens (primary N) is 1. The fraction of sp³-hybridized carbons (Fsp3) is 0.833. The van der Waals surface area contributed by atoms with Gasteiger partial charge in [0.1, 0.15) is 6.04 Å². The lowest BCUT2D eigenvalue weighted by Crippen LogP contribution is -2.36. The lowest BCUT2D eigenvalue weighted by Gasteiger charge is -2.11. The molecule has 0 fully saturated rings. The van der Waals surface area contributed by atoms with Crippen molar-refractivity contribution in [2.24, 2.45) is 11.6 Å². The molecule has 0 amide bonds. The Morgan fingerprint density at radius 3 is 2.89 bits per heavy atom. The third kappa shape index (κ3) is 2.46. The van der Waals surface area contributed by atoms with Gasteiger partial charge in [-0.15, -0.1) is 0 Å². The van der Waals surface area contributed by atoms with Crippen LogP contribution < -0.4 is 5.73 Å². The summed E-state index contributed by atoms with van der Waals surface area (Å²) in [5.74, 6) is -4.08. The van der Waals surface area contributed by atoms with Gasteiger partial charge < -0.3 is 10.8 Å². The Morgan fingerprint density at radius 1 is 2.22 bits per heavy atom. The van der Waals surface area contributed by atoms with E-state index in [4.69, 9.17) is 17.7 Å². The highest BCUT2D eigenvalue weighted by Crippen LogP contribution is 2.04. The molecule has 0 aromatic carbocycles. The van der Waals surface area contributed by atoms with Crippen LogP contribution in [0.25, 0.3) is 0 Å². The molecule has 0 saturated heterocycles. The maximum atomic E-state index is 10.5. The van der Waals surface area contributed by atoms with Gasteiger partial charge in [0.15, 0.2) is 0 Å². The highest BCUT2D eigenvalue weighted by atomic mass is 16.5. The third-order valence-corrected chi connectivity index (χ3v) is 0.912. The van der Waals surface area contributed by atoms with Gasteiger partial charge in [0.25, 0.3) is 0 Å².